The Morgan fingerprint density at radius 3 is 2.08 bits per heavy atom. The highest BCUT2D eigenvalue weighted by Crippen LogP contribution is 2.54. The summed E-state index contributed by atoms with van der Waals surface area (Å²) in [5, 5.41) is 0. The van der Waals surface area contributed by atoms with E-state index < -0.39 is 73.3 Å². The average molecular weight is 529 g/mol. The molecule has 0 saturated carbocycles. The number of methoxy groups -OCH3 is 1. The van der Waals surface area contributed by atoms with E-state index in [1.165, 1.54) is 32.0 Å². The van der Waals surface area contributed by atoms with Crippen molar-refractivity contribution in [2.75, 3.05) is 20.3 Å². The lowest BCUT2D eigenvalue weighted by molar-refractivity contribution is -0.229. The molecular formula is C23H22F3NO8S. The molecule has 0 amide bonds. The van der Waals surface area contributed by atoms with Crippen molar-refractivity contribution in [3.8, 4) is 0 Å². The third kappa shape index (κ3) is 4.11. The number of hydrogen-bond donors (Lipinski definition) is 0. The van der Waals surface area contributed by atoms with Crippen LogP contribution < -0.4 is 0 Å². The van der Waals surface area contributed by atoms with E-state index in [4.69, 9.17) is 9.47 Å². The monoisotopic (exact) mass is 529 g/mol. The number of halogens is 3. The van der Waals surface area contributed by atoms with E-state index in [2.05, 4.69) is 4.74 Å². The number of alkyl halides is 3. The first kappa shape index (κ1) is 27.1. The molecule has 1 unspecified atom stereocenters. The summed E-state index contributed by atoms with van der Waals surface area (Å²) in [5.41, 5.74) is -6.32. The Kier molecular flexibility index (Phi) is 7.46. The van der Waals surface area contributed by atoms with Gasteiger partial charge in [-0.25, -0.2) is 22.8 Å². The van der Waals surface area contributed by atoms with Gasteiger partial charge in [0, 0.05) is 6.54 Å². The highest BCUT2D eigenvalue weighted by Gasteiger charge is 2.72. The van der Waals surface area contributed by atoms with Gasteiger partial charge >= 0.3 is 24.1 Å². The Bertz CT molecular complexity index is 1290. The molecule has 0 bridgehead atoms. The van der Waals surface area contributed by atoms with Gasteiger partial charge in [0.1, 0.15) is 0 Å². The lowest BCUT2D eigenvalue weighted by Gasteiger charge is -2.36. The van der Waals surface area contributed by atoms with E-state index in [-0.39, 0.29) is 17.5 Å². The number of fused-ring (bicyclic) bond motifs is 1. The van der Waals surface area contributed by atoms with Crippen LogP contribution in [0, 0.1) is 0 Å². The van der Waals surface area contributed by atoms with Crippen molar-refractivity contribution in [2.24, 2.45) is 0 Å². The molecule has 0 spiro atoms. The summed E-state index contributed by atoms with van der Waals surface area (Å²) < 4.78 is 86.0. The summed E-state index contributed by atoms with van der Waals surface area (Å²) in [7, 11) is -4.33. The van der Waals surface area contributed by atoms with Crippen LogP contribution in [-0.2, 0) is 41.1 Å². The Hall–Kier alpha value is -3.45. The number of carbonyl (C=O) groups is 3. The second-order valence-electron chi connectivity index (χ2n) is 7.48. The Balaban J connectivity index is 2.45. The molecule has 2 aromatic carbocycles. The molecule has 2 aromatic rings. The van der Waals surface area contributed by atoms with E-state index in [0.29, 0.717) is 7.11 Å². The van der Waals surface area contributed by atoms with Crippen molar-refractivity contribution in [3.05, 3.63) is 64.7 Å². The molecule has 0 aromatic heterocycles. The maximum absolute atomic E-state index is 14.9. The molecule has 0 fully saturated rings. The highest BCUT2D eigenvalue weighted by molar-refractivity contribution is 7.89. The van der Waals surface area contributed by atoms with Crippen molar-refractivity contribution >= 4 is 27.9 Å². The molecule has 0 saturated heterocycles. The summed E-state index contributed by atoms with van der Waals surface area (Å²) in [6.45, 7) is 1.53. The summed E-state index contributed by atoms with van der Waals surface area (Å²) in [4.78, 5) is 37.8. The van der Waals surface area contributed by atoms with Gasteiger partial charge in [0.15, 0.2) is 0 Å². The van der Waals surface area contributed by atoms with E-state index in [1.54, 1.807) is 0 Å². The lowest BCUT2D eigenvalue weighted by atomic mass is 9.86. The van der Waals surface area contributed by atoms with Crippen LogP contribution in [0.2, 0.25) is 0 Å². The van der Waals surface area contributed by atoms with Crippen LogP contribution in [0.1, 0.15) is 45.7 Å². The number of benzene rings is 2. The molecule has 1 atom stereocenters. The van der Waals surface area contributed by atoms with Gasteiger partial charge in [0.05, 0.1) is 36.3 Å². The Morgan fingerprint density at radius 1 is 0.972 bits per heavy atom. The van der Waals surface area contributed by atoms with Gasteiger partial charge in [-0.05, 0) is 43.2 Å². The zero-order valence-electron chi connectivity index (χ0n) is 19.4. The van der Waals surface area contributed by atoms with Crippen LogP contribution in [0.5, 0.6) is 0 Å². The molecule has 9 nitrogen and oxygen atoms in total. The van der Waals surface area contributed by atoms with Crippen molar-refractivity contribution < 1.29 is 50.2 Å². The third-order valence-corrected chi connectivity index (χ3v) is 7.43. The molecular weight excluding hydrogens is 507 g/mol. The fourth-order valence-electron chi connectivity index (χ4n) is 4.12. The maximum Gasteiger partial charge on any atom is 0.422 e. The minimum absolute atomic E-state index is 0.0660. The number of esters is 3. The first-order valence-electron chi connectivity index (χ1n) is 10.6. The predicted octanol–water partition coefficient (Wildman–Crippen LogP) is 3.18. The smallest absolute Gasteiger partial charge is 0.422 e. The predicted molar refractivity (Wildman–Crippen MR) is 117 cm³/mol. The molecule has 0 radical (unpaired) electrons. The van der Waals surface area contributed by atoms with E-state index in [0.717, 1.165) is 24.3 Å². The molecule has 1 aliphatic heterocycles. The molecule has 36 heavy (non-hydrogen) atoms. The van der Waals surface area contributed by atoms with Crippen LogP contribution in [0.25, 0.3) is 0 Å². The Labute approximate surface area is 204 Å². The first-order valence-corrected chi connectivity index (χ1v) is 12.1. The van der Waals surface area contributed by atoms with Gasteiger partial charge in [-0.2, -0.15) is 17.5 Å². The van der Waals surface area contributed by atoms with E-state index in [9.17, 15) is 36.0 Å². The first-order chi connectivity index (χ1) is 16.9. The summed E-state index contributed by atoms with van der Waals surface area (Å²) in [6, 6.07) is 7.82. The molecule has 194 valence electrons. The van der Waals surface area contributed by atoms with Gasteiger partial charge < -0.3 is 14.2 Å². The van der Waals surface area contributed by atoms with Crippen molar-refractivity contribution in [1.29, 1.82) is 0 Å². The largest absolute Gasteiger partial charge is 0.467 e. The SMILES string of the molecule is CCOC(=O)c1ccc2c(c1C(=O)OCC)CN(S(=O)(=O)c1ccccc1)C2(C(=O)OC)C(F)(F)F. The fourth-order valence-corrected chi connectivity index (χ4v) is 5.81. The molecule has 0 aliphatic carbocycles. The number of nitrogens with zero attached hydrogens (tertiary/aromatic N) is 1. The van der Waals surface area contributed by atoms with Gasteiger partial charge in [-0.3, -0.25) is 0 Å². The van der Waals surface area contributed by atoms with Gasteiger partial charge in [-0.1, -0.05) is 24.3 Å². The van der Waals surface area contributed by atoms with Crippen molar-refractivity contribution in [1.82, 2.24) is 4.31 Å². The van der Waals surface area contributed by atoms with Gasteiger partial charge in [-0.15, -0.1) is 0 Å². The minimum Gasteiger partial charge on any atom is -0.467 e. The number of carbonyl (C=O) groups excluding carboxylic acids is 3. The molecule has 1 aliphatic rings. The standard InChI is InChI=1S/C23H22F3NO8S/c1-4-34-19(28)15-11-12-17-16(18(15)20(29)35-5-2)13-27(22(17,21(30)33-3)23(24,25)26)36(31,32)14-9-7-6-8-10-14/h6-12H,4-5,13H2,1-3H3. The molecule has 0 N–H and O–H groups in total. The summed E-state index contributed by atoms with van der Waals surface area (Å²) >= 11 is 0. The van der Waals surface area contributed by atoms with Crippen LogP contribution in [0.15, 0.2) is 47.4 Å². The minimum atomic E-state index is -5.54. The zero-order valence-corrected chi connectivity index (χ0v) is 20.2. The second kappa shape index (κ2) is 9.90. The van der Waals surface area contributed by atoms with Crippen LogP contribution >= 0.6 is 0 Å². The quantitative estimate of drug-likeness (QED) is 0.397. The zero-order chi connectivity index (χ0) is 26.9. The molecule has 1 heterocycles. The number of hydrogen-bond acceptors (Lipinski definition) is 8. The number of rotatable bonds is 7. The third-order valence-electron chi connectivity index (χ3n) is 5.58. The van der Waals surface area contributed by atoms with Crippen LogP contribution in [-0.4, -0.2) is 57.1 Å². The highest BCUT2D eigenvalue weighted by atomic mass is 32.2. The van der Waals surface area contributed by atoms with Crippen LogP contribution in [0.3, 0.4) is 0 Å². The number of ether oxygens (including phenoxy) is 3. The fraction of sp³-hybridized carbons (Fsp3) is 0.348. The van der Waals surface area contributed by atoms with E-state index in [1.807, 2.05) is 0 Å². The molecule has 13 heteroatoms. The summed E-state index contributed by atoms with van der Waals surface area (Å²) in [5.74, 6) is -4.16. The Morgan fingerprint density at radius 2 is 1.56 bits per heavy atom. The second-order valence-corrected chi connectivity index (χ2v) is 9.34. The van der Waals surface area contributed by atoms with Gasteiger partial charge in [0.2, 0.25) is 10.0 Å². The van der Waals surface area contributed by atoms with Gasteiger partial charge in [0.25, 0.3) is 5.54 Å². The van der Waals surface area contributed by atoms with Crippen LogP contribution in [0.4, 0.5) is 13.2 Å². The maximum atomic E-state index is 14.9. The lowest BCUT2D eigenvalue weighted by Crippen LogP contribution is -2.60. The van der Waals surface area contributed by atoms with E-state index >= 15 is 0 Å². The topological polar surface area (TPSA) is 116 Å². The summed E-state index contributed by atoms with van der Waals surface area (Å²) in [6.07, 6.45) is -5.54. The molecule has 3 rings (SSSR count). The normalized spacial score (nSPS) is 17.8. The average Bonchev–Trinajstić information content (AvgIpc) is 3.21. The number of sulfonamides is 1. The van der Waals surface area contributed by atoms with Crippen molar-refractivity contribution in [2.45, 2.75) is 37.0 Å². The van der Waals surface area contributed by atoms with Crippen molar-refractivity contribution in [3.63, 3.8) is 0 Å².